The average Bonchev–Trinajstić information content (AvgIpc) is 2.93. The topological polar surface area (TPSA) is 80.6 Å². The van der Waals surface area contributed by atoms with E-state index in [0.29, 0.717) is 17.1 Å². The van der Waals surface area contributed by atoms with Crippen molar-refractivity contribution in [2.75, 3.05) is 17.7 Å². The SMILES string of the molecule is COc1cc(NC(C)=O)ccc1NC(=O)c1ccco1. The van der Waals surface area contributed by atoms with E-state index in [4.69, 9.17) is 9.15 Å². The van der Waals surface area contributed by atoms with Crippen LogP contribution in [-0.2, 0) is 4.79 Å². The van der Waals surface area contributed by atoms with Crippen molar-refractivity contribution in [3.8, 4) is 5.75 Å². The van der Waals surface area contributed by atoms with Gasteiger partial charge in [0.2, 0.25) is 5.91 Å². The van der Waals surface area contributed by atoms with Crippen molar-refractivity contribution in [2.24, 2.45) is 0 Å². The fourth-order valence-electron chi connectivity index (χ4n) is 1.67. The first-order chi connectivity index (χ1) is 9.60. The molecule has 2 N–H and O–H groups in total. The molecule has 2 rings (SSSR count). The van der Waals surface area contributed by atoms with E-state index in [1.807, 2.05) is 0 Å². The number of ether oxygens (including phenoxy) is 1. The number of carbonyl (C=O) groups excluding carboxylic acids is 2. The molecule has 0 aliphatic rings. The molecule has 2 amide bonds. The molecule has 0 aliphatic carbocycles. The van der Waals surface area contributed by atoms with Crippen molar-refractivity contribution < 1.29 is 18.7 Å². The predicted octanol–water partition coefficient (Wildman–Crippen LogP) is 2.50. The Morgan fingerprint density at radius 2 is 2.00 bits per heavy atom. The number of hydrogen-bond acceptors (Lipinski definition) is 4. The van der Waals surface area contributed by atoms with Gasteiger partial charge >= 0.3 is 0 Å². The number of amides is 2. The minimum atomic E-state index is -0.374. The van der Waals surface area contributed by atoms with Crippen molar-refractivity contribution >= 4 is 23.2 Å². The van der Waals surface area contributed by atoms with Gasteiger partial charge in [-0.1, -0.05) is 0 Å². The van der Waals surface area contributed by atoms with Crippen molar-refractivity contribution in [1.29, 1.82) is 0 Å². The molecule has 6 heteroatoms. The molecule has 0 bridgehead atoms. The lowest BCUT2D eigenvalue weighted by Gasteiger charge is -2.11. The lowest BCUT2D eigenvalue weighted by atomic mass is 10.2. The Morgan fingerprint density at radius 3 is 2.60 bits per heavy atom. The molecule has 0 atom stereocenters. The summed E-state index contributed by atoms with van der Waals surface area (Å²) in [7, 11) is 1.48. The minimum absolute atomic E-state index is 0.181. The molecule has 0 spiro atoms. The maximum atomic E-state index is 11.9. The average molecular weight is 274 g/mol. The second-order valence-electron chi connectivity index (χ2n) is 4.03. The molecule has 0 aliphatic heterocycles. The molecule has 0 radical (unpaired) electrons. The molecule has 1 aromatic carbocycles. The summed E-state index contributed by atoms with van der Waals surface area (Å²) >= 11 is 0. The molecule has 1 aromatic heterocycles. The molecule has 104 valence electrons. The Morgan fingerprint density at radius 1 is 1.20 bits per heavy atom. The van der Waals surface area contributed by atoms with E-state index >= 15 is 0 Å². The monoisotopic (exact) mass is 274 g/mol. The van der Waals surface area contributed by atoms with Crippen LogP contribution < -0.4 is 15.4 Å². The number of carbonyl (C=O) groups is 2. The zero-order valence-corrected chi connectivity index (χ0v) is 11.1. The number of furan rings is 1. The number of benzene rings is 1. The highest BCUT2D eigenvalue weighted by molar-refractivity contribution is 6.03. The van der Waals surface area contributed by atoms with Crippen LogP contribution in [0.15, 0.2) is 41.0 Å². The summed E-state index contributed by atoms with van der Waals surface area (Å²) in [6, 6.07) is 8.13. The molecular weight excluding hydrogens is 260 g/mol. The normalized spacial score (nSPS) is 9.90. The molecule has 1 heterocycles. The van der Waals surface area contributed by atoms with Crippen LogP contribution in [0.2, 0.25) is 0 Å². The Bertz CT molecular complexity index is 620. The first-order valence-electron chi connectivity index (χ1n) is 5.90. The van der Waals surface area contributed by atoms with Crippen LogP contribution in [0.25, 0.3) is 0 Å². The summed E-state index contributed by atoms with van der Waals surface area (Å²) in [5.41, 5.74) is 1.08. The minimum Gasteiger partial charge on any atom is -0.494 e. The van der Waals surface area contributed by atoms with Gasteiger partial charge in [-0.15, -0.1) is 0 Å². The zero-order valence-electron chi connectivity index (χ0n) is 11.1. The third-order valence-corrected chi connectivity index (χ3v) is 2.52. The highest BCUT2D eigenvalue weighted by Gasteiger charge is 2.12. The third-order valence-electron chi connectivity index (χ3n) is 2.52. The number of hydrogen-bond donors (Lipinski definition) is 2. The molecule has 0 fully saturated rings. The molecule has 20 heavy (non-hydrogen) atoms. The molecular formula is C14H14N2O4. The summed E-state index contributed by atoms with van der Waals surface area (Å²) in [5, 5.41) is 5.31. The lowest BCUT2D eigenvalue weighted by Crippen LogP contribution is -2.12. The largest absolute Gasteiger partial charge is 0.494 e. The second kappa shape index (κ2) is 5.92. The number of anilines is 2. The first-order valence-corrected chi connectivity index (χ1v) is 5.90. The zero-order chi connectivity index (χ0) is 14.5. The van der Waals surface area contributed by atoms with E-state index in [0.717, 1.165) is 0 Å². The van der Waals surface area contributed by atoms with E-state index in [2.05, 4.69) is 10.6 Å². The van der Waals surface area contributed by atoms with Gasteiger partial charge in [0, 0.05) is 18.7 Å². The van der Waals surface area contributed by atoms with Gasteiger partial charge in [0.1, 0.15) is 5.75 Å². The van der Waals surface area contributed by atoms with Crippen LogP contribution in [0, 0.1) is 0 Å². The standard InChI is InChI=1S/C14H14N2O4/c1-9(17)15-10-5-6-11(13(8-10)19-2)16-14(18)12-4-3-7-20-12/h3-8H,1-2H3,(H,15,17)(H,16,18). The van der Waals surface area contributed by atoms with Crippen molar-refractivity contribution in [3.05, 3.63) is 42.4 Å². The van der Waals surface area contributed by atoms with Crippen molar-refractivity contribution in [3.63, 3.8) is 0 Å². The van der Waals surface area contributed by atoms with Gasteiger partial charge in [0.15, 0.2) is 5.76 Å². The lowest BCUT2D eigenvalue weighted by molar-refractivity contribution is -0.114. The van der Waals surface area contributed by atoms with Crippen LogP contribution in [0.5, 0.6) is 5.75 Å². The maximum absolute atomic E-state index is 11.9. The maximum Gasteiger partial charge on any atom is 0.291 e. The summed E-state index contributed by atoms with van der Waals surface area (Å²) in [4.78, 5) is 22.9. The van der Waals surface area contributed by atoms with Gasteiger partial charge in [-0.05, 0) is 24.3 Å². The quantitative estimate of drug-likeness (QED) is 0.897. The van der Waals surface area contributed by atoms with E-state index in [1.54, 1.807) is 30.3 Å². The van der Waals surface area contributed by atoms with Crippen LogP contribution in [0.1, 0.15) is 17.5 Å². The molecule has 0 saturated carbocycles. The summed E-state index contributed by atoms with van der Waals surface area (Å²) in [6.45, 7) is 1.42. The van der Waals surface area contributed by atoms with Crippen molar-refractivity contribution in [2.45, 2.75) is 6.92 Å². The number of rotatable bonds is 4. The van der Waals surface area contributed by atoms with Crippen LogP contribution >= 0.6 is 0 Å². The smallest absolute Gasteiger partial charge is 0.291 e. The van der Waals surface area contributed by atoms with Gasteiger partial charge in [-0.2, -0.15) is 0 Å². The van der Waals surface area contributed by atoms with E-state index in [9.17, 15) is 9.59 Å². The Labute approximate surface area is 115 Å². The van der Waals surface area contributed by atoms with Gasteiger partial charge in [0.25, 0.3) is 5.91 Å². The van der Waals surface area contributed by atoms with E-state index in [1.165, 1.54) is 20.3 Å². The number of methoxy groups -OCH3 is 1. The highest BCUT2D eigenvalue weighted by atomic mass is 16.5. The summed E-state index contributed by atoms with van der Waals surface area (Å²) < 4.78 is 10.2. The Hall–Kier alpha value is -2.76. The predicted molar refractivity (Wildman–Crippen MR) is 74.0 cm³/mol. The third kappa shape index (κ3) is 3.17. The summed E-state index contributed by atoms with van der Waals surface area (Å²) in [6.07, 6.45) is 1.42. The first kappa shape index (κ1) is 13.7. The fraction of sp³-hybridized carbons (Fsp3) is 0.143. The second-order valence-corrected chi connectivity index (χ2v) is 4.03. The molecule has 0 saturated heterocycles. The van der Waals surface area contributed by atoms with Crippen LogP contribution in [0.3, 0.4) is 0 Å². The highest BCUT2D eigenvalue weighted by Crippen LogP contribution is 2.28. The van der Waals surface area contributed by atoms with Crippen molar-refractivity contribution in [1.82, 2.24) is 0 Å². The molecule has 0 unspecified atom stereocenters. The van der Waals surface area contributed by atoms with Gasteiger partial charge < -0.3 is 19.8 Å². The van der Waals surface area contributed by atoms with E-state index < -0.39 is 0 Å². The van der Waals surface area contributed by atoms with Gasteiger partial charge in [0.05, 0.1) is 19.1 Å². The van der Waals surface area contributed by atoms with E-state index in [-0.39, 0.29) is 17.6 Å². The van der Waals surface area contributed by atoms with Crippen LogP contribution in [0.4, 0.5) is 11.4 Å². The Balaban J connectivity index is 2.19. The molecule has 6 nitrogen and oxygen atoms in total. The fourth-order valence-corrected chi connectivity index (χ4v) is 1.67. The van der Waals surface area contributed by atoms with Gasteiger partial charge in [-0.25, -0.2) is 0 Å². The number of nitrogens with one attached hydrogen (secondary N) is 2. The summed E-state index contributed by atoms with van der Waals surface area (Å²) in [5.74, 6) is 0.0918. The molecule has 2 aromatic rings. The van der Waals surface area contributed by atoms with Gasteiger partial charge in [-0.3, -0.25) is 9.59 Å². The van der Waals surface area contributed by atoms with Crippen LogP contribution in [-0.4, -0.2) is 18.9 Å². The Kier molecular flexibility index (Phi) is 4.05.